The summed E-state index contributed by atoms with van der Waals surface area (Å²) in [4.78, 5) is 44.8. The van der Waals surface area contributed by atoms with Crippen LogP contribution >= 0.6 is 11.6 Å². The number of halogens is 1. The summed E-state index contributed by atoms with van der Waals surface area (Å²) in [6.07, 6.45) is 8.95. The molecule has 1 aliphatic rings. The van der Waals surface area contributed by atoms with E-state index in [2.05, 4.69) is 16.9 Å². The van der Waals surface area contributed by atoms with E-state index in [0.29, 0.717) is 35.6 Å². The second kappa shape index (κ2) is 11.5. The number of amides is 2. The fourth-order valence-electron chi connectivity index (χ4n) is 3.75. The number of pyridine rings is 2. The number of rotatable bonds is 11. The third kappa shape index (κ3) is 6.68. The molecule has 2 amide bonds. The lowest BCUT2D eigenvalue weighted by Crippen LogP contribution is -2.40. The van der Waals surface area contributed by atoms with Crippen molar-refractivity contribution in [2.75, 3.05) is 26.7 Å². The van der Waals surface area contributed by atoms with E-state index in [-0.39, 0.29) is 30.0 Å². The van der Waals surface area contributed by atoms with Crippen molar-refractivity contribution in [3.05, 3.63) is 75.7 Å². The highest BCUT2D eigenvalue weighted by atomic mass is 35.5. The summed E-state index contributed by atoms with van der Waals surface area (Å²) < 4.78 is 1.24. The van der Waals surface area contributed by atoms with E-state index >= 15 is 0 Å². The van der Waals surface area contributed by atoms with Gasteiger partial charge in [-0.2, -0.15) is 0 Å². The Morgan fingerprint density at radius 3 is 2.77 bits per heavy atom. The number of nitrogens with one attached hydrogen (secondary N) is 1. The lowest BCUT2D eigenvalue weighted by atomic mass is 10.1. The minimum Gasteiger partial charge on any atom is -0.396 e. The van der Waals surface area contributed by atoms with Gasteiger partial charge in [0.1, 0.15) is 17.8 Å². The van der Waals surface area contributed by atoms with Gasteiger partial charge in [-0.1, -0.05) is 35.9 Å². The summed E-state index contributed by atoms with van der Waals surface area (Å²) in [6.45, 7) is 6.03. The maximum absolute atomic E-state index is 13.3. The fraction of sp³-hybridized carbons (Fsp3) is 0.385. The van der Waals surface area contributed by atoms with Crippen molar-refractivity contribution in [1.29, 1.82) is 0 Å². The van der Waals surface area contributed by atoms with Crippen molar-refractivity contribution in [3.63, 3.8) is 0 Å². The molecule has 2 aromatic heterocycles. The first-order valence-corrected chi connectivity index (χ1v) is 11.8. The summed E-state index contributed by atoms with van der Waals surface area (Å²) in [5, 5.41) is 13.4. The Balaban J connectivity index is 1.78. The van der Waals surface area contributed by atoms with E-state index in [1.54, 1.807) is 31.5 Å². The third-order valence-electron chi connectivity index (χ3n) is 6.20. The maximum atomic E-state index is 13.3. The summed E-state index contributed by atoms with van der Waals surface area (Å²) in [7, 11) is 1.66. The molecular weight excluding hydrogens is 468 g/mol. The van der Waals surface area contributed by atoms with Crippen LogP contribution in [0, 0.1) is 5.41 Å². The zero-order valence-corrected chi connectivity index (χ0v) is 20.8. The predicted molar refractivity (Wildman–Crippen MR) is 137 cm³/mol. The van der Waals surface area contributed by atoms with Crippen LogP contribution in [-0.2, 0) is 11.3 Å². The van der Waals surface area contributed by atoms with E-state index in [4.69, 9.17) is 11.6 Å². The molecular formula is C26H31ClN4O4. The van der Waals surface area contributed by atoms with Gasteiger partial charge in [0.05, 0.1) is 6.61 Å². The van der Waals surface area contributed by atoms with Crippen molar-refractivity contribution >= 4 is 34.4 Å². The lowest BCUT2D eigenvalue weighted by molar-refractivity contribution is -0.131. The SMILES string of the molecule is C=CC(Cl)=CC=C(C)CCNC(=O)c1cc2cccnc2n(CC(=O)N(C)CC2(CO)CC2)c1=O. The third-order valence-corrected chi connectivity index (χ3v) is 6.48. The molecule has 0 saturated heterocycles. The molecule has 0 aliphatic heterocycles. The maximum Gasteiger partial charge on any atom is 0.265 e. The summed E-state index contributed by atoms with van der Waals surface area (Å²) >= 11 is 5.90. The van der Waals surface area contributed by atoms with E-state index in [1.807, 2.05) is 13.0 Å². The van der Waals surface area contributed by atoms with Crippen LogP contribution in [0.15, 0.2) is 64.6 Å². The van der Waals surface area contributed by atoms with E-state index < -0.39 is 11.5 Å². The highest BCUT2D eigenvalue weighted by Gasteiger charge is 2.43. The predicted octanol–water partition coefficient (Wildman–Crippen LogP) is 3.00. The molecule has 0 aromatic carbocycles. The van der Waals surface area contributed by atoms with Crippen molar-refractivity contribution < 1.29 is 14.7 Å². The number of nitrogens with zero attached hydrogens (tertiary/aromatic N) is 3. The number of hydrogen-bond acceptors (Lipinski definition) is 5. The normalized spacial score (nSPS) is 15.1. The molecule has 1 saturated carbocycles. The first kappa shape index (κ1) is 26.4. The summed E-state index contributed by atoms with van der Waals surface area (Å²) in [5.41, 5.74) is 0.466. The molecule has 9 heteroatoms. The quantitative estimate of drug-likeness (QED) is 0.463. The average molecular weight is 499 g/mol. The molecule has 2 N–H and O–H groups in total. The highest BCUT2D eigenvalue weighted by Crippen LogP contribution is 2.45. The molecule has 0 unspecified atom stereocenters. The number of hydrogen-bond donors (Lipinski definition) is 2. The molecule has 0 atom stereocenters. The van der Waals surface area contributed by atoms with E-state index in [0.717, 1.165) is 18.4 Å². The number of aliphatic hydroxyl groups excluding tert-OH is 1. The first-order valence-electron chi connectivity index (χ1n) is 11.5. The highest BCUT2D eigenvalue weighted by molar-refractivity contribution is 6.31. The van der Waals surface area contributed by atoms with Crippen LogP contribution in [0.3, 0.4) is 0 Å². The summed E-state index contributed by atoms with van der Waals surface area (Å²) in [6, 6.07) is 4.96. The van der Waals surface area contributed by atoms with Crippen LogP contribution < -0.4 is 10.9 Å². The van der Waals surface area contributed by atoms with Crippen LogP contribution in [0.25, 0.3) is 11.0 Å². The Bertz CT molecular complexity index is 1240. The second-order valence-corrected chi connectivity index (χ2v) is 9.48. The van der Waals surface area contributed by atoms with E-state index in [1.165, 1.54) is 21.6 Å². The van der Waals surface area contributed by atoms with Crippen LogP contribution in [0.2, 0.25) is 0 Å². The Hall–Kier alpha value is -3.23. The van der Waals surface area contributed by atoms with Gasteiger partial charge < -0.3 is 15.3 Å². The van der Waals surface area contributed by atoms with Crippen molar-refractivity contribution in [3.8, 4) is 0 Å². The lowest BCUT2D eigenvalue weighted by Gasteiger charge is -2.23. The van der Waals surface area contributed by atoms with Gasteiger partial charge in [0.15, 0.2) is 0 Å². The van der Waals surface area contributed by atoms with Crippen molar-refractivity contribution in [2.24, 2.45) is 5.41 Å². The first-order chi connectivity index (χ1) is 16.7. The number of aromatic nitrogens is 2. The van der Waals surface area contributed by atoms with Gasteiger partial charge in [-0.15, -0.1) is 0 Å². The number of likely N-dealkylation sites (N-methyl/N-ethyl adjacent to an activating group) is 1. The van der Waals surface area contributed by atoms with Gasteiger partial charge in [0.25, 0.3) is 11.5 Å². The standard InChI is InChI=1S/C26H31ClN4O4/c1-4-20(27)8-7-18(2)9-13-29-24(34)21-14-19-6-5-12-28-23(19)31(25(21)35)15-22(33)30(3)16-26(17-32)10-11-26/h4-8,12,14,32H,1,9-11,13,15-17H2,2-3H3,(H,29,34). The van der Waals surface area contributed by atoms with Crippen LogP contribution in [0.5, 0.6) is 0 Å². The van der Waals surface area contributed by atoms with Crippen molar-refractivity contribution in [1.82, 2.24) is 19.8 Å². The Morgan fingerprint density at radius 1 is 1.37 bits per heavy atom. The van der Waals surface area contributed by atoms with Gasteiger partial charge in [-0.05, 0) is 50.5 Å². The largest absolute Gasteiger partial charge is 0.396 e. The zero-order valence-electron chi connectivity index (χ0n) is 20.1. The fourth-order valence-corrected chi connectivity index (χ4v) is 3.81. The Morgan fingerprint density at radius 2 is 2.11 bits per heavy atom. The number of allylic oxidation sites excluding steroid dienone is 4. The molecule has 1 aliphatic carbocycles. The van der Waals surface area contributed by atoms with Crippen LogP contribution in [-0.4, -0.2) is 58.1 Å². The van der Waals surface area contributed by atoms with Gasteiger partial charge in [-0.25, -0.2) is 4.98 Å². The molecule has 1 fully saturated rings. The molecule has 0 radical (unpaired) electrons. The zero-order chi connectivity index (χ0) is 25.6. The summed E-state index contributed by atoms with van der Waals surface area (Å²) in [5.74, 6) is -0.802. The molecule has 35 heavy (non-hydrogen) atoms. The topological polar surface area (TPSA) is 105 Å². The van der Waals surface area contributed by atoms with Gasteiger partial charge in [0.2, 0.25) is 5.91 Å². The molecule has 0 spiro atoms. The molecule has 2 heterocycles. The number of carbonyl (C=O) groups is 2. The van der Waals surface area contributed by atoms with E-state index in [9.17, 15) is 19.5 Å². The number of carbonyl (C=O) groups excluding carboxylic acids is 2. The molecule has 2 aromatic rings. The molecule has 186 valence electrons. The Kier molecular flexibility index (Phi) is 8.64. The van der Waals surface area contributed by atoms with Gasteiger partial charge in [-0.3, -0.25) is 19.0 Å². The number of fused-ring (bicyclic) bond motifs is 1. The van der Waals surface area contributed by atoms with Gasteiger partial charge in [0, 0.05) is 42.2 Å². The van der Waals surface area contributed by atoms with Crippen LogP contribution in [0.1, 0.15) is 36.5 Å². The number of aliphatic hydroxyl groups is 1. The second-order valence-electron chi connectivity index (χ2n) is 9.05. The smallest absolute Gasteiger partial charge is 0.265 e. The minimum absolute atomic E-state index is 0.0248. The minimum atomic E-state index is -0.577. The molecule has 3 rings (SSSR count). The monoisotopic (exact) mass is 498 g/mol. The Labute approximate surface area is 209 Å². The average Bonchev–Trinajstić information content (AvgIpc) is 3.63. The molecule has 0 bridgehead atoms. The van der Waals surface area contributed by atoms with Crippen molar-refractivity contribution in [2.45, 2.75) is 32.7 Å². The van der Waals surface area contributed by atoms with Gasteiger partial charge >= 0.3 is 0 Å². The molecule has 8 nitrogen and oxygen atoms in total. The van der Waals surface area contributed by atoms with Crippen LogP contribution in [0.4, 0.5) is 0 Å².